The molecule has 0 saturated heterocycles. The molecule has 1 aromatic rings. The molecule has 0 fully saturated rings. The quantitative estimate of drug-likeness (QED) is 0.533. The van der Waals surface area contributed by atoms with Gasteiger partial charge in [-0.2, -0.15) is 0 Å². The van der Waals surface area contributed by atoms with Crippen molar-refractivity contribution in [2.24, 2.45) is 0 Å². The van der Waals surface area contributed by atoms with Gasteiger partial charge in [-0.05, 0) is 17.5 Å². The molecule has 0 atom stereocenters. The van der Waals surface area contributed by atoms with Gasteiger partial charge in [0.05, 0.1) is 0 Å². The molecule has 0 aliphatic rings. The van der Waals surface area contributed by atoms with Crippen LogP contribution < -0.4 is 0 Å². The molecular formula is C9H11. The Balaban J connectivity index is 2.85. The highest BCUT2D eigenvalue weighted by Crippen LogP contribution is 2.11. The standard InChI is InChI=1S/C9H11/c1-8(2)9-6-4-3-5-7-9/h4-8H,1-2H3. The first-order valence-electron chi connectivity index (χ1n) is 3.26. The van der Waals surface area contributed by atoms with Gasteiger partial charge in [0, 0.05) is 0 Å². The van der Waals surface area contributed by atoms with Crippen LogP contribution in [-0.2, 0) is 0 Å². The van der Waals surface area contributed by atoms with Gasteiger partial charge >= 0.3 is 0 Å². The lowest BCUT2D eigenvalue weighted by Crippen LogP contribution is -1.83. The maximum atomic E-state index is 2.99. The highest BCUT2D eigenvalue weighted by atomic mass is 14.0. The van der Waals surface area contributed by atoms with Gasteiger partial charge in [0.15, 0.2) is 0 Å². The first kappa shape index (κ1) is 6.34. The summed E-state index contributed by atoms with van der Waals surface area (Å²) in [5, 5.41) is 0. The number of rotatable bonds is 1. The minimum absolute atomic E-state index is 0.639. The summed E-state index contributed by atoms with van der Waals surface area (Å²) in [6.45, 7) is 4.38. The van der Waals surface area contributed by atoms with Crippen molar-refractivity contribution in [3.63, 3.8) is 0 Å². The second-order valence-electron chi connectivity index (χ2n) is 2.49. The van der Waals surface area contributed by atoms with Crippen LogP contribution in [0.15, 0.2) is 24.3 Å². The number of hydrogen-bond donors (Lipinski definition) is 0. The lowest BCUT2D eigenvalue weighted by molar-refractivity contribution is 0.866. The smallest absolute Gasteiger partial charge is 0.0184 e. The molecule has 0 unspecified atom stereocenters. The van der Waals surface area contributed by atoms with Crippen LogP contribution in [-0.4, -0.2) is 0 Å². The largest absolute Gasteiger partial charge is 0.0587 e. The summed E-state index contributed by atoms with van der Waals surface area (Å²) < 4.78 is 0. The van der Waals surface area contributed by atoms with E-state index >= 15 is 0 Å². The third-order valence-electron chi connectivity index (χ3n) is 1.41. The van der Waals surface area contributed by atoms with E-state index in [-0.39, 0.29) is 0 Å². The molecule has 0 aromatic heterocycles. The topological polar surface area (TPSA) is 0 Å². The molecule has 0 N–H and O–H groups in total. The van der Waals surface area contributed by atoms with Crippen molar-refractivity contribution >= 4 is 0 Å². The Morgan fingerprint density at radius 1 is 1.22 bits per heavy atom. The zero-order chi connectivity index (χ0) is 6.69. The lowest BCUT2D eigenvalue weighted by Gasteiger charge is -2.01. The summed E-state index contributed by atoms with van der Waals surface area (Å²) in [5.74, 6) is 0.639. The molecule has 0 heteroatoms. The van der Waals surface area contributed by atoms with Crippen LogP contribution in [0.4, 0.5) is 0 Å². The maximum Gasteiger partial charge on any atom is -0.0184 e. The summed E-state index contributed by atoms with van der Waals surface area (Å²) in [7, 11) is 0. The molecule has 0 heterocycles. The normalized spacial score (nSPS) is 10.1. The van der Waals surface area contributed by atoms with Crippen LogP contribution in [0.1, 0.15) is 25.3 Å². The van der Waals surface area contributed by atoms with E-state index < -0.39 is 0 Å². The first-order valence-corrected chi connectivity index (χ1v) is 3.26. The molecule has 0 bridgehead atoms. The zero-order valence-electron chi connectivity index (χ0n) is 5.89. The van der Waals surface area contributed by atoms with Crippen molar-refractivity contribution in [3.05, 3.63) is 35.9 Å². The first-order chi connectivity index (χ1) is 4.30. The van der Waals surface area contributed by atoms with Crippen molar-refractivity contribution in [1.82, 2.24) is 0 Å². The SMILES string of the molecule is CC(C)c1cc[c]cc1. The molecule has 1 aromatic carbocycles. The van der Waals surface area contributed by atoms with E-state index in [0.29, 0.717) is 5.92 Å². The van der Waals surface area contributed by atoms with E-state index in [9.17, 15) is 0 Å². The van der Waals surface area contributed by atoms with Crippen molar-refractivity contribution in [2.45, 2.75) is 19.8 Å². The fourth-order valence-corrected chi connectivity index (χ4v) is 0.785. The van der Waals surface area contributed by atoms with Crippen molar-refractivity contribution in [3.8, 4) is 0 Å². The van der Waals surface area contributed by atoms with E-state index in [1.165, 1.54) is 5.56 Å². The average Bonchev–Trinajstić information content (AvgIpc) is 1.90. The Labute approximate surface area is 56.5 Å². The van der Waals surface area contributed by atoms with Gasteiger partial charge in [-0.25, -0.2) is 0 Å². The Morgan fingerprint density at radius 2 is 1.78 bits per heavy atom. The Kier molecular flexibility index (Phi) is 1.88. The van der Waals surface area contributed by atoms with Crippen molar-refractivity contribution in [1.29, 1.82) is 0 Å². The van der Waals surface area contributed by atoms with Crippen LogP contribution in [0.25, 0.3) is 0 Å². The summed E-state index contributed by atoms with van der Waals surface area (Å²) in [6, 6.07) is 11.1. The average molecular weight is 119 g/mol. The predicted octanol–water partition coefficient (Wildman–Crippen LogP) is 2.61. The van der Waals surface area contributed by atoms with Crippen LogP contribution in [0.3, 0.4) is 0 Å². The molecule has 1 rings (SSSR count). The van der Waals surface area contributed by atoms with E-state index in [0.717, 1.165) is 0 Å². The molecule has 0 amide bonds. The Morgan fingerprint density at radius 3 is 2.11 bits per heavy atom. The lowest BCUT2D eigenvalue weighted by atomic mass is 10.0. The molecule has 0 spiro atoms. The number of benzene rings is 1. The second-order valence-corrected chi connectivity index (χ2v) is 2.49. The van der Waals surface area contributed by atoms with Crippen molar-refractivity contribution in [2.75, 3.05) is 0 Å². The third-order valence-corrected chi connectivity index (χ3v) is 1.41. The fourth-order valence-electron chi connectivity index (χ4n) is 0.785. The molecule has 0 aliphatic heterocycles. The predicted molar refractivity (Wildman–Crippen MR) is 39.4 cm³/mol. The Hall–Kier alpha value is -0.780. The molecule has 1 radical (unpaired) electrons. The summed E-state index contributed by atoms with van der Waals surface area (Å²) in [6.07, 6.45) is 0. The molecule has 47 valence electrons. The molecule has 0 nitrogen and oxygen atoms in total. The fraction of sp³-hybridized carbons (Fsp3) is 0.333. The molecule has 0 saturated carbocycles. The van der Waals surface area contributed by atoms with E-state index in [2.05, 4.69) is 32.0 Å². The minimum Gasteiger partial charge on any atom is -0.0587 e. The van der Waals surface area contributed by atoms with E-state index in [1.54, 1.807) is 0 Å². The Bertz CT molecular complexity index is 163. The van der Waals surface area contributed by atoms with E-state index in [4.69, 9.17) is 0 Å². The van der Waals surface area contributed by atoms with Gasteiger partial charge in [0.1, 0.15) is 0 Å². The summed E-state index contributed by atoms with van der Waals surface area (Å²) >= 11 is 0. The van der Waals surface area contributed by atoms with Crippen LogP contribution in [0, 0.1) is 6.07 Å². The number of hydrogen-bond acceptors (Lipinski definition) is 0. The zero-order valence-corrected chi connectivity index (χ0v) is 5.89. The van der Waals surface area contributed by atoms with Gasteiger partial charge < -0.3 is 0 Å². The van der Waals surface area contributed by atoms with E-state index in [1.807, 2.05) is 12.1 Å². The maximum absolute atomic E-state index is 2.99. The minimum atomic E-state index is 0.639. The van der Waals surface area contributed by atoms with Gasteiger partial charge in [-0.3, -0.25) is 0 Å². The molecule has 9 heavy (non-hydrogen) atoms. The molecular weight excluding hydrogens is 108 g/mol. The van der Waals surface area contributed by atoms with Gasteiger partial charge in [-0.15, -0.1) is 0 Å². The van der Waals surface area contributed by atoms with Gasteiger partial charge in [0.2, 0.25) is 0 Å². The van der Waals surface area contributed by atoms with Crippen molar-refractivity contribution < 1.29 is 0 Å². The highest BCUT2D eigenvalue weighted by Gasteiger charge is 1.93. The second kappa shape index (κ2) is 2.67. The summed E-state index contributed by atoms with van der Waals surface area (Å²) in [5.41, 5.74) is 1.38. The van der Waals surface area contributed by atoms with Gasteiger partial charge in [0.25, 0.3) is 0 Å². The monoisotopic (exact) mass is 119 g/mol. The summed E-state index contributed by atoms with van der Waals surface area (Å²) in [4.78, 5) is 0. The van der Waals surface area contributed by atoms with Crippen LogP contribution in [0.5, 0.6) is 0 Å². The molecule has 0 aliphatic carbocycles. The third kappa shape index (κ3) is 1.56. The van der Waals surface area contributed by atoms with Crippen LogP contribution in [0.2, 0.25) is 0 Å². The highest BCUT2D eigenvalue weighted by molar-refractivity contribution is 5.16. The van der Waals surface area contributed by atoms with Crippen LogP contribution >= 0.6 is 0 Å². The van der Waals surface area contributed by atoms with Gasteiger partial charge in [-0.1, -0.05) is 38.1 Å².